The molecule has 36 heavy (non-hydrogen) atoms. The molecule has 2 aliphatic rings. The number of allylic oxidation sites excluding steroid dienone is 1. The topological polar surface area (TPSA) is 78.4 Å². The molecule has 4 rings (SSSR count). The molecule has 5 nitrogen and oxygen atoms in total. The Hall–Kier alpha value is -2.22. The van der Waals surface area contributed by atoms with Crippen molar-refractivity contribution in [3.63, 3.8) is 0 Å². The molecule has 7 heteroatoms. The second-order valence-electron chi connectivity index (χ2n) is 9.74. The quantitative estimate of drug-likeness (QED) is 0.362. The lowest BCUT2D eigenvalue weighted by atomic mass is 9.76. The van der Waals surface area contributed by atoms with E-state index in [2.05, 4.69) is 22.7 Å². The minimum Gasteiger partial charge on any atom is -0.508 e. The van der Waals surface area contributed by atoms with E-state index in [0.29, 0.717) is 30.2 Å². The molecule has 0 spiro atoms. The van der Waals surface area contributed by atoms with Crippen molar-refractivity contribution in [1.82, 2.24) is 10.0 Å². The molecule has 0 aromatic heterocycles. The van der Waals surface area contributed by atoms with Gasteiger partial charge in [-0.15, -0.1) is 6.58 Å². The van der Waals surface area contributed by atoms with E-state index in [4.69, 9.17) is 0 Å². The van der Waals surface area contributed by atoms with Crippen LogP contribution in [0.15, 0.2) is 60.0 Å². The fourth-order valence-electron chi connectivity index (χ4n) is 5.54. The standard InChI is InChI=1S/C27H35FN2O3S.C2H6/c1-2-5-24-23-14-13-22(31)16-21(23)12-15-26(24)29-17-19-8-10-20(11-9-19)18-30-34(32,33)27-7-4-3-6-25(27)28;1-2/h2-4,6-7,13-14,16,19-20,24,26,29-31H,1,5,8-12,15,17-18H2;1-2H3. The number of aromatic hydroxyl groups is 1. The molecule has 0 bridgehead atoms. The monoisotopic (exact) mass is 516 g/mol. The van der Waals surface area contributed by atoms with Gasteiger partial charge in [0, 0.05) is 18.5 Å². The molecule has 2 unspecified atom stereocenters. The maximum absolute atomic E-state index is 13.9. The first kappa shape index (κ1) is 28.4. The van der Waals surface area contributed by atoms with Crippen LogP contribution in [0.4, 0.5) is 4.39 Å². The first-order valence-corrected chi connectivity index (χ1v) is 14.8. The summed E-state index contributed by atoms with van der Waals surface area (Å²) in [5.74, 6) is 0.827. The Morgan fingerprint density at radius 1 is 1.03 bits per heavy atom. The number of hydrogen-bond acceptors (Lipinski definition) is 4. The third kappa shape index (κ3) is 7.17. The zero-order chi connectivity index (χ0) is 26.1. The summed E-state index contributed by atoms with van der Waals surface area (Å²) in [6.45, 7) is 9.26. The summed E-state index contributed by atoms with van der Waals surface area (Å²) in [5.41, 5.74) is 2.55. The maximum Gasteiger partial charge on any atom is 0.243 e. The lowest BCUT2D eigenvalue weighted by molar-refractivity contribution is 0.252. The van der Waals surface area contributed by atoms with Gasteiger partial charge in [0.25, 0.3) is 0 Å². The van der Waals surface area contributed by atoms with Crippen molar-refractivity contribution in [3.8, 4) is 5.75 Å². The summed E-state index contributed by atoms with van der Waals surface area (Å²) in [4.78, 5) is -0.286. The number of nitrogens with one attached hydrogen (secondary N) is 2. The van der Waals surface area contributed by atoms with E-state index in [0.717, 1.165) is 51.5 Å². The van der Waals surface area contributed by atoms with Crippen molar-refractivity contribution in [2.45, 2.75) is 75.6 Å². The van der Waals surface area contributed by atoms with Gasteiger partial charge in [0.15, 0.2) is 0 Å². The Morgan fingerprint density at radius 3 is 2.36 bits per heavy atom. The molecule has 1 fully saturated rings. The Morgan fingerprint density at radius 2 is 1.69 bits per heavy atom. The number of aryl methyl sites for hydroxylation is 1. The molecule has 2 aliphatic carbocycles. The largest absolute Gasteiger partial charge is 0.508 e. The van der Waals surface area contributed by atoms with Crippen LogP contribution in [0.1, 0.15) is 69.4 Å². The van der Waals surface area contributed by atoms with Gasteiger partial charge in [-0.2, -0.15) is 0 Å². The van der Waals surface area contributed by atoms with Gasteiger partial charge in [-0.05, 0) is 98.7 Å². The molecule has 0 amide bonds. The van der Waals surface area contributed by atoms with Crippen molar-refractivity contribution in [1.29, 1.82) is 0 Å². The predicted octanol–water partition coefficient (Wildman–Crippen LogP) is 5.91. The van der Waals surface area contributed by atoms with Gasteiger partial charge in [0.2, 0.25) is 10.0 Å². The lowest BCUT2D eigenvalue weighted by Gasteiger charge is -2.36. The van der Waals surface area contributed by atoms with Gasteiger partial charge in [0.05, 0.1) is 0 Å². The zero-order valence-corrected chi connectivity index (χ0v) is 22.4. The van der Waals surface area contributed by atoms with Crippen LogP contribution in [0.5, 0.6) is 5.75 Å². The van der Waals surface area contributed by atoms with Crippen LogP contribution in [-0.2, 0) is 16.4 Å². The van der Waals surface area contributed by atoms with Crippen LogP contribution < -0.4 is 10.0 Å². The third-order valence-corrected chi connectivity index (χ3v) is 8.94. The highest BCUT2D eigenvalue weighted by molar-refractivity contribution is 7.89. The van der Waals surface area contributed by atoms with Gasteiger partial charge in [-0.25, -0.2) is 17.5 Å². The number of rotatable bonds is 9. The van der Waals surface area contributed by atoms with E-state index in [1.165, 1.54) is 35.4 Å². The fraction of sp³-hybridized carbons (Fsp3) is 0.517. The Labute approximate surface area is 216 Å². The molecule has 0 saturated heterocycles. The van der Waals surface area contributed by atoms with E-state index in [-0.39, 0.29) is 10.8 Å². The third-order valence-electron chi connectivity index (χ3n) is 7.48. The Balaban J connectivity index is 0.00000176. The SMILES string of the molecule is C=CCC1c2ccc(O)cc2CCC1NCC1CCC(CNS(=O)(=O)c2ccccc2F)CC1.CC. The smallest absolute Gasteiger partial charge is 0.243 e. The van der Waals surface area contributed by atoms with Crippen LogP contribution in [0.3, 0.4) is 0 Å². The van der Waals surface area contributed by atoms with Crippen LogP contribution in [0.25, 0.3) is 0 Å². The molecule has 0 heterocycles. The van der Waals surface area contributed by atoms with E-state index < -0.39 is 15.8 Å². The van der Waals surface area contributed by atoms with Gasteiger partial charge >= 0.3 is 0 Å². The van der Waals surface area contributed by atoms with E-state index in [1.54, 1.807) is 6.07 Å². The van der Waals surface area contributed by atoms with E-state index >= 15 is 0 Å². The second-order valence-corrected chi connectivity index (χ2v) is 11.5. The molecular formula is C29H41FN2O3S. The molecule has 0 aliphatic heterocycles. The minimum absolute atomic E-state index is 0.278. The second kappa shape index (κ2) is 13.4. The van der Waals surface area contributed by atoms with Crippen molar-refractivity contribution >= 4 is 10.0 Å². The van der Waals surface area contributed by atoms with Crippen molar-refractivity contribution < 1.29 is 17.9 Å². The van der Waals surface area contributed by atoms with Crippen LogP contribution >= 0.6 is 0 Å². The van der Waals surface area contributed by atoms with Crippen LogP contribution in [0.2, 0.25) is 0 Å². The number of hydrogen-bond donors (Lipinski definition) is 3. The average Bonchev–Trinajstić information content (AvgIpc) is 2.89. The molecule has 198 valence electrons. The van der Waals surface area contributed by atoms with E-state index in [1.807, 2.05) is 26.0 Å². The van der Waals surface area contributed by atoms with Crippen molar-refractivity contribution in [3.05, 3.63) is 72.1 Å². The first-order chi connectivity index (χ1) is 17.4. The number of phenolic OH excluding ortho intramolecular Hbond substituents is 1. The molecule has 0 radical (unpaired) electrons. The average molecular weight is 517 g/mol. The zero-order valence-electron chi connectivity index (χ0n) is 21.5. The lowest BCUT2D eigenvalue weighted by Crippen LogP contribution is -2.41. The maximum atomic E-state index is 13.9. The van der Waals surface area contributed by atoms with Crippen LogP contribution in [-0.4, -0.2) is 32.7 Å². The molecule has 3 N–H and O–H groups in total. The molecular weight excluding hydrogens is 475 g/mol. The Bertz CT molecular complexity index is 1100. The molecule has 2 atom stereocenters. The summed E-state index contributed by atoms with van der Waals surface area (Å²) >= 11 is 0. The number of fused-ring (bicyclic) bond motifs is 1. The van der Waals surface area contributed by atoms with Crippen molar-refractivity contribution in [2.24, 2.45) is 11.8 Å². The van der Waals surface area contributed by atoms with Gasteiger partial charge in [-0.3, -0.25) is 0 Å². The minimum atomic E-state index is -3.83. The number of halogens is 1. The summed E-state index contributed by atoms with van der Waals surface area (Å²) in [7, 11) is -3.83. The highest BCUT2D eigenvalue weighted by Gasteiger charge is 2.30. The highest BCUT2D eigenvalue weighted by Crippen LogP contribution is 2.37. The predicted molar refractivity (Wildman–Crippen MR) is 144 cm³/mol. The number of sulfonamides is 1. The Kier molecular flexibility index (Phi) is 10.5. The summed E-state index contributed by atoms with van der Waals surface area (Å²) in [6.07, 6.45) is 8.94. The number of benzene rings is 2. The summed E-state index contributed by atoms with van der Waals surface area (Å²) in [6, 6.07) is 11.6. The molecule has 2 aromatic rings. The normalized spacial score (nSPS) is 23.8. The van der Waals surface area contributed by atoms with Gasteiger partial charge < -0.3 is 10.4 Å². The molecule has 2 aromatic carbocycles. The molecule has 1 saturated carbocycles. The summed E-state index contributed by atoms with van der Waals surface area (Å²) in [5, 5.41) is 13.6. The first-order valence-electron chi connectivity index (χ1n) is 13.3. The van der Waals surface area contributed by atoms with E-state index in [9.17, 15) is 17.9 Å². The highest BCUT2D eigenvalue weighted by atomic mass is 32.2. The number of phenols is 1. The van der Waals surface area contributed by atoms with Crippen LogP contribution in [0, 0.1) is 17.7 Å². The fourth-order valence-corrected chi connectivity index (χ4v) is 6.73. The van der Waals surface area contributed by atoms with Gasteiger partial charge in [0.1, 0.15) is 16.5 Å². The summed E-state index contributed by atoms with van der Waals surface area (Å²) < 4.78 is 41.4. The van der Waals surface area contributed by atoms with Gasteiger partial charge in [-0.1, -0.05) is 38.1 Å². The van der Waals surface area contributed by atoms with Crippen molar-refractivity contribution in [2.75, 3.05) is 13.1 Å².